The molecule has 0 fully saturated rings. The molecule has 0 spiro atoms. The lowest BCUT2D eigenvalue weighted by molar-refractivity contribution is -0.121. The van der Waals surface area contributed by atoms with E-state index in [-0.39, 0.29) is 11.9 Å². The monoisotopic (exact) mass is 256 g/mol. The van der Waals surface area contributed by atoms with Gasteiger partial charge in [0.1, 0.15) is 6.04 Å². The molecule has 0 saturated heterocycles. The third-order valence-electron chi connectivity index (χ3n) is 3.10. The van der Waals surface area contributed by atoms with Crippen LogP contribution in [-0.4, -0.2) is 18.5 Å². The van der Waals surface area contributed by atoms with Gasteiger partial charge in [-0.15, -0.1) is 0 Å². The summed E-state index contributed by atoms with van der Waals surface area (Å²) in [5, 5.41) is 8.49. The van der Waals surface area contributed by atoms with Crippen LogP contribution in [0.3, 0.4) is 0 Å². The number of amides is 1. The van der Waals surface area contributed by atoms with Crippen molar-refractivity contribution in [1.82, 2.24) is 5.32 Å². The Morgan fingerprint density at radius 2 is 1.89 bits per heavy atom. The first-order valence-electron chi connectivity index (χ1n) is 6.74. The highest BCUT2D eigenvalue weighted by atomic mass is 16.2. The zero-order valence-corrected chi connectivity index (χ0v) is 11.4. The lowest BCUT2D eigenvalue weighted by Gasteiger charge is -2.16. The standard InChI is InChI=1S/C16H20N2O/c1-3-11-17-16(19)12(2)18-15-10-6-8-13-7-4-5-9-14(13)15/h4-10,12,18H,3,11H2,1-2H3,(H,17,19). The Morgan fingerprint density at radius 1 is 1.16 bits per heavy atom. The van der Waals surface area contributed by atoms with Gasteiger partial charge < -0.3 is 10.6 Å². The fourth-order valence-corrected chi connectivity index (χ4v) is 2.05. The van der Waals surface area contributed by atoms with Crippen LogP contribution < -0.4 is 10.6 Å². The van der Waals surface area contributed by atoms with Gasteiger partial charge in [0.25, 0.3) is 0 Å². The number of carbonyl (C=O) groups excluding carboxylic acids is 1. The van der Waals surface area contributed by atoms with E-state index in [9.17, 15) is 4.79 Å². The number of carbonyl (C=O) groups is 1. The number of hydrogen-bond acceptors (Lipinski definition) is 2. The Balaban J connectivity index is 2.15. The van der Waals surface area contributed by atoms with E-state index in [1.165, 1.54) is 5.39 Å². The lowest BCUT2D eigenvalue weighted by Crippen LogP contribution is -2.37. The Kier molecular flexibility index (Phi) is 4.39. The van der Waals surface area contributed by atoms with Crippen LogP contribution in [0.2, 0.25) is 0 Å². The SMILES string of the molecule is CCCNC(=O)C(C)Nc1cccc2ccccc12. The predicted octanol–water partition coefficient (Wildman–Crippen LogP) is 3.17. The van der Waals surface area contributed by atoms with Gasteiger partial charge in [-0.1, -0.05) is 43.3 Å². The molecular weight excluding hydrogens is 236 g/mol. The van der Waals surface area contributed by atoms with Gasteiger partial charge in [0.05, 0.1) is 0 Å². The molecule has 3 heteroatoms. The van der Waals surface area contributed by atoms with Crippen molar-refractivity contribution in [3.8, 4) is 0 Å². The molecule has 2 N–H and O–H groups in total. The van der Waals surface area contributed by atoms with Crippen molar-refractivity contribution in [2.75, 3.05) is 11.9 Å². The number of anilines is 1. The highest BCUT2D eigenvalue weighted by Crippen LogP contribution is 2.23. The van der Waals surface area contributed by atoms with Crippen LogP contribution in [0.5, 0.6) is 0 Å². The summed E-state index contributed by atoms with van der Waals surface area (Å²) >= 11 is 0. The third-order valence-corrected chi connectivity index (χ3v) is 3.10. The number of hydrogen-bond donors (Lipinski definition) is 2. The van der Waals surface area contributed by atoms with Crippen LogP contribution in [0.15, 0.2) is 42.5 Å². The molecular formula is C16H20N2O. The van der Waals surface area contributed by atoms with Crippen molar-refractivity contribution in [2.24, 2.45) is 0 Å². The van der Waals surface area contributed by atoms with Crippen molar-refractivity contribution >= 4 is 22.4 Å². The minimum absolute atomic E-state index is 0.0368. The van der Waals surface area contributed by atoms with E-state index in [1.54, 1.807) is 0 Å². The van der Waals surface area contributed by atoms with Crippen LogP contribution >= 0.6 is 0 Å². The molecule has 1 unspecified atom stereocenters. The highest BCUT2D eigenvalue weighted by molar-refractivity contribution is 5.95. The molecule has 0 heterocycles. The molecule has 19 heavy (non-hydrogen) atoms. The van der Waals surface area contributed by atoms with Gasteiger partial charge in [0.15, 0.2) is 0 Å². The summed E-state index contributed by atoms with van der Waals surface area (Å²) in [4.78, 5) is 11.9. The first-order chi connectivity index (χ1) is 9.22. The van der Waals surface area contributed by atoms with E-state index in [4.69, 9.17) is 0 Å². The van der Waals surface area contributed by atoms with Gasteiger partial charge in [0.2, 0.25) is 5.91 Å². The van der Waals surface area contributed by atoms with Crippen LogP contribution in [-0.2, 0) is 4.79 Å². The summed E-state index contributed by atoms with van der Waals surface area (Å²) in [6.07, 6.45) is 0.951. The molecule has 0 saturated carbocycles. The summed E-state index contributed by atoms with van der Waals surface area (Å²) in [5.74, 6) is 0.0368. The molecule has 0 aliphatic heterocycles. The van der Waals surface area contributed by atoms with E-state index >= 15 is 0 Å². The molecule has 2 rings (SSSR count). The second-order valence-electron chi connectivity index (χ2n) is 4.68. The largest absolute Gasteiger partial charge is 0.373 e. The normalized spacial score (nSPS) is 12.1. The van der Waals surface area contributed by atoms with Crippen molar-refractivity contribution in [2.45, 2.75) is 26.3 Å². The van der Waals surface area contributed by atoms with Crippen LogP contribution in [0, 0.1) is 0 Å². The average molecular weight is 256 g/mol. The van der Waals surface area contributed by atoms with E-state index in [1.807, 2.05) is 38.1 Å². The highest BCUT2D eigenvalue weighted by Gasteiger charge is 2.12. The molecule has 1 atom stereocenters. The lowest BCUT2D eigenvalue weighted by atomic mass is 10.1. The fraction of sp³-hybridized carbons (Fsp3) is 0.312. The van der Waals surface area contributed by atoms with Gasteiger partial charge in [-0.3, -0.25) is 4.79 Å². The number of benzene rings is 2. The summed E-state index contributed by atoms with van der Waals surface area (Å²) in [6, 6.07) is 14.0. The van der Waals surface area contributed by atoms with E-state index in [0.29, 0.717) is 0 Å². The van der Waals surface area contributed by atoms with E-state index < -0.39 is 0 Å². The van der Waals surface area contributed by atoms with Crippen molar-refractivity contribution in [1.29, 1.82) is 0 Å². The second kappa shape index (κ2) is 6.23. The minimum Gasteiger partial charge on any atom is -0.373 e. The number of rotatable bonds is 5. The van der Waals surface area contributed by atoms with E-state index in [2.05, 4.69) is 28.8 Å². The summed E-state index contributed by atoms with van der Waals surface area (Å²) in [6.45, 7) is 4.65. The molecule has 3 nitrogen and oxygen atoms in total. The van der Waals surface area contributed by atoms with Crippen molar-refractivity contribution in [3.63, 3.8) is 0 Å². The zero-order valence-electron chi connectivity index (χ0n) is 11.4. The van der Waals surface area contributed by atoms with Gasteiger partial charge in [-0.2, -0.15) is 0 Å². The van der Waals surface area contributed by atoms with Crippen molar-refractivity contribution in [3.05, 3.63) is 42.5 Å². The first-order valence-corrected chi connectivity index (χ1v) is 6.74. The number of fused-ring (bicyclic) bond motifs is 1. The van der Waals surface area contributed by atoms with Crippen LogP contribution in [0.4, 0.5) is 5.69 Å². The van der Waals surface area contributed by atoms with Crippen molar-refractivity contribution < 1.29 is 4.79 Å². The molecule has 2 aromatic rings. The fourth-order valence-electron chi connectivity index (χ4n) is 2.05. The maximum absolute atomic E-state index is 11.9. The van der Waals surface area contributed by atoms with E-state index in [0.717, 1.165) is 24.0 Å². The predicted molar refractivity (Wildman–Crippen MR) is 80.3 cm³/mol. The van der Waals surface area contributed by atoms with Gasteiger partial charge in [-0.05, 0) is 24.8 Å². The van der Waals surface area contributed by atoms with Crippen LogP contribution in [0.1, 0.15) is 20.3 Å². The molecule has 0 aliphatic carbocycles. The zero-order chi connectivity index (χ0) is 13.7. The molecule has 0 aliphatic rings. The summed E-state index contributed by atoms with van der Waals surface area (Å²) in [5.41, 5.74) is 0.997. The smallest absolute Gasteiger partial charge is 0.242 e. The first kappa shape index (κ1) is 13.4. The topological polar surface area (TPSA) is 41.1 Å². The molecule has 100 valence electrons. The maximum Gasteiger partial charge on any atom is 0.242 e. The molecule has 0 bridgehead atoms. The van der Waals surface area contributed by atoms with Gasteiger partial charge in [0, 0.05) is 17.6 Å². The van der Waals surface area contributed by atoms with Gasteiger partial charge in [-0.25, -0.2) is 0 Å². The molecule has 1 amide bonds. The number of nitrogens with one attached hydrogen (secondary N) is 2. The summed E-state index contributed by atoms with van der Waals surface area (Å²) in [7, 11) is 0. The Bertz CT molecular complexity index is 560. The molecule has 0 radical (unpaired) electrons. The van der Waals surface area contributed by atoms with Gasteiger partial charge >= 0.3 is 0 Å². The Morgan fingerprint density at radius 3 is 2.68 bits per heavy atom. The summed E-state index contributed by atoms with van der Waals surface area (Å²) < 4.78 is 0. The van der Waals surface area contributed by atoms with Crippen LogP contribution in [0.25, 0.3) is 10.8 Å². The Hall–Kier alpha value is -2.03. The third kappa shape index (κ3) is 3.25. The maximum atomic E-state index is 11.9. The molecule has 0 aromatic heterocycles. The second-order valence-corrected chi connectivity index (χ2v) is 4.68. The minimum atomic E-state index is -0.239. The molecule has 2 aromatic carbocycles. The quantitative estimate of drug-likeness (QED) is 0.862. The average Bonchev–Trinajstić information content (AvgIpc) is 2.45. The Labute approximate surface area is 114 Å².